The fraction of sp³-hybridized carbons (Fsp3) is 0.217. The largest absolute Gasteiger partial charge is 0.396 e. The molecular formula is C23H20FN5O2S. The zero-order chi connectivity index (χ0) is 22.1. The summed E-state index contributed by atoms with van der Waals surface area (Å²) in [5.74, 6) is 0.647. The van der Waals surface area contributed by atoms with Crippen molar-refractivity contribution in [2.45, 2.75) is 19.0 Å². The molecule has 1 aliphatic heterocycles. The lowest BCUT2D eigenvalue weighted by molar-refractivity contribution is 0.0578. The molecule has 162 valence electrons. The number of nitrogens with zero attached hydrogens (tertiary/aromatic N) is 5. The van der Waals surface area contributed by atoms with Gasteiger partial charge in [-0.2, -0.15) is 0 Å². The number of fused-ring (bicyclic) bond motifs is 1. The van der Waals surface area contributed by atoms with Crippen molar-refractivity contribution in [2.24, 2.45) is 0 Å². The van der Waals surface area contributed by atoms with Crippen LogP contribution >= 0.6 is 11.3 Å². The lowest BCUT2D eigenvalue weighted by Crippen LogP contribution is -2.43. The van der Waals surface area contributed by atoms with Gasteiger partial charge in [-0.15, -0.1) is 21.5 Å². The maximum atomic E-state index is 13.3. The van der Waals surface area contributed by atoms with E-state index in [1.54, 1.807) is 4.90 Å². The molecule has 2 aromatic carbocycles. The monoisotopic (exact) mass is 449 g/mol. The summed E-state index contributed by atoms with van der Waals surface area (Å²) in [5.41, 5.74) is 2.17. The van der Waals surface area contributed by atoms with Gasteiger partial charge >= 0.3 is 0 Å². The van der Waals surface area contributed by atoms with Crippen LogP contribution < -0.4 is 0 Å². The van der Waals surface area contributed by atoms with E-state index in [-0.39, 0.29) is 12.5 Å². The van der Waals surface area contributed by atoms with Crippen LogP contribution in [0.25, 0.3) is 22.1 Å². The zero-order valence-corrected chi connectivity index (χ0v) is 17.9. The second-order valence-electron chi connectivity index (χ2n) is 7.47. The molecule has 1 amide bonds. The predicted molar refractivity (Wildman–Crippen MR) is 118 cm³/mol. The van der Waals surface area contributed by atoms with E-state index >= 15 is 0 Å². The lowest BCUT2D eigenvalue weighted by Gasteiger charge is -2.35. The highest BCUT2D eigenvalue weighted by Crippen LogP contribution is 2.33. The molecule has 1 unspecified atom stereocenters. The highest BCUT2D eigenvalue weighted by atomic mass is 32.1. The maximum absolute atomic E-state index is 13.3. The number of hydrogen-bond donors (Lipinski definition) is 1. The molecule has 2 aromatic heterocycles. The molecule has 0 saturated carbocycles. The average molecular weight is 450 g/mol. The van der Waals surface area contributed by atoms with Crippen molar-refractivity contribution < 1.29 is 14.3 Å². The number of rotatable bonds is 5. The van der Waals surface area contributed by atoms with Crippen molar-refractivity contribution >= 4 is 17.2 Å². The standard InChI is InChI=1S/C23H20FN5O2S/c24-17-8-6-16(7-9-17)23(31)28-11-12-29-20(26-27-21(29)19(28)10-13-30)18-14-32-22(25-18)15-4-2-1-3-5-15/h1-9,14,19,30H,10-13H2. The van der Waals surface area contributed by atoms with Gasteiger partial charge in [0.05, 0.1) is 6.04 Å². The number of halogens is 1. The summed E-state index contributed by atoms with van der Waals surface area (Å²) in [6, 6.07) is 15.0. The minimum Gasteiger partial charge on any atom is -0.396 e. The van der Waals surface area contributed by atoms with Crippen molar-refractivity contribution in [3.63, 3.8) is 0 Å². The number of amides is 1. The molecule has 9 heteroatoms. The quantitative estimate of drug-likeness (QED) is 0.501. The zero-order valence-electron chi connectivity index (χ0n) is 17.1. The van der Waals surface area contributed by atoms with Gasteiger partial charge in [0.1, 0.15) is 16.5 Å². The molecule has 0 radical (unpaired) electrons. The molecule has 1 aliphatic rings. The van der Waals surface area contributed by atoms with E-state index in [1.807, 2.05) is 40.3 Å². The minimum absolute atomic E-state index is 0.102. The van der Waals surface area contributed by atoms with E-state index in [9.17, 15) is 14.3 Å². The first kappa shape index (κ1) is 20.5. The van der Waals surface area contributed by atoms with Crippen LogP contribution in [0.4, 0.5) is 4.39 Å². The van der Waals surface area contributed by atoms with Crippen molar-refractivity contribution in [2.75, 3.05) is 13.2 Å². The second-order valence-corrected chi connectivity index (χ2v) is 8.33. The Morgan fingerprint density at radius 2 is 1.88 bits per heavy atom. The van der Waals surface area contributed by atoms with Gasteiger partial charge in [-0.25, -0.2) is 9.37 Å². The average Bonchev–Trinajstić information content (AvgIpc) is 3.47. The van der Waals surface area contributed by atoms with Gasteiger partial charge in [0.2, 0.25) is 0 Å². The SMILES string of the molecule is O=C(c1ccc(F)cc1)N1CCn2c(-c3csc(-c4ccccc4)n3)nnc2C1CCO. The van der Waals surface area contributed by atoms with E-state index in [0.717, 1.165) is 16.3 Å². The van der Waals surface area contributed by atoms with Gasteiger partial charge in [-0.3, -0.25) is 4.79 Å². The number of aliphatic hydroxyl groups is 1. The second kappa shape index (κ2) is 8.60. The Labute approximate surface area is 187 Å². The molecule has 5 rings (SSSR count). The third-order valence-corrected chi connectivity index (χ3v) is 6.42. The molecule has 0 aliphatic carbocycles. The Balaban J connectivity index is 1.46. The van der Waals surface area contributed by atoms with E-state index in [2.05, 4.69) is 10.2 Å². The number of carbonyl (C=O) groups excluding carboxylic acids is 1. The molecular weight excluding hydrogens is 429 g/mol. The Kier molecular flexibility index (Phi) is 5.50. The van der Waals surface area contributed by atoms with Gasteiger partial charge in [0, 0.05) is 36.2 Å². The summed E-state index contributed by atoms with van der Waals surface area (Å²) in [6.45, 7) is 0.828. The van der Waals surface area contributed by atoms with Crippen LogP contribution in [-0.2, 0) is 6.54 Å². The fourth-order valence-corrected chi connectivity index (χ4v) is 4.78. The summed E-state index contributed by atoms with van der Waals surface area (Å²) < 4.78 is 15.2. The van der Waals surface area contributed by atoms with Crippen LogP contribution in [0.15, 0.2) is 60.0 Å². The molecule has 0 saturated heterocycles. The summed E-state index contributed by atoms with van der Waals surface area (Å²) in [7, 11) is 0. The van der Waals surface area contributed by atoms with E-state index in [4.69, 9.17) is 4.98 Å². The molecule has 3 heterocycles. The molecule has 32 heavy (non-hydrogen) atoms. The lowest BCUT2D eigenvalue weighted by atomic mass is 10.1. The predicted octanol–water partition coefficient (Wildman–Crippen LogP) is 3.79. The maximum Gasteiger partial charge on any atom is 0.254 e. The van der Waals surface area contributed by atoms with Crippen molar-refractivity contribution in [1.82, 2.24) is 24.6 Å². The van der Waals surface area contributed by atoms with E-state index in [1.165, 1.54) is 35.6 Å². The van der Waals surface area contributed by atoms with Gasteiger partial charge < -0.3 is 14.6 Å². The number of benzene rings is 2. The number of hydrogen-bond acceptors (Lipinski definition) is 6. The first-order chi connectivity index (χ1) is 15.7. The van der Waals surface area contributed by atoms with Gasteiger partial charge in [-0.1, -0.05) is 30.3 Å². The van der Waals surface area contributed by atoms with Gasteiger partial charge in [0.25, 0.3) is 5.91 Å². The molecule has 0 spiro atoms. The van der Waals surface area contributed by atoms with E-state index < -0.39 is 11.9 Å². The Morgan fingerprint density at radius 1 is 1.09 bits per heavy atom. The number of aromatic nitrogens is 4. The highest BCUT2D eigenvalue weighted by molar-refractivity contribution is 7.13. The van der Waals surface area contributed by atoms with Crippen LogP contribution in [-0.4, -0.2) is 48.8 Å². The molecule has 0 fully saturated rings. The number of aliphatic hydroxyl groups excluding tert-OH is 1. The fourth-order valence-electron chi connectivity index (χ4n) is 3.97. The number of thiazole rings is 1. The van der Waals surface area contributed by atoms with Crippen molar-refractivity contribution in [1.29, 1.82) is 0 Å². The summed E-state index contributed by atoms with van der Waals surface area (Å²) in [4.78, 5) is 19.5. The first-order valence-corrected chi connectivity index (χ1v) is 11.2. The highest BCUT2D eigenvalue weighted by Gasteiger charge is 2.35. The Hall–Kier alpha value is -3.43. The summed E-state index contributed by atoms with van der Waals surface area (Å²) >= 11 is 1.54. The Morgan fingerprint density at radius 3 is 2.62 bits per heavy atom. The van der Waals surface area contributed by atoms with Crippen LogP contribution in [0.1, 0.15) is 28.6 Å². The summed E-state index contributed by atoms with van der Waals surface area (Å²) in [5, 5.41) is 21.2. The Bertz CT molecular complexity index is 1240. The van der Waals surface area contributed by atoms with Gasteiger partial charge in [-0.05, 0) is 30.7 Å². The molecule has 7 nitrogen and oxygen atoms in total. The van der Waals surface area contributed by atoms with Crippen LogP contribution in [0, 0.1) is 5.82 Å². The van der Waals surface area contributed by atoms with Crippen molar-refractivity contribution in [3.8, 4) is 22.1 Å². The normalized spacial score (nSPS) is 15.6. The molecule has 1 atom stereocenters. The third kappa shape index (κ3) is 3.69. The topological polar surface area (TPSA) is 84.1 Å². The van der Waals surface area contributed by atoms with Crippen LogP contribution in [0.5, 0.6) is 0 Å². The molecule has 0 bridgehead atoms. The summed E-state index contributed by atoms with van der Waals surface area (Å²) in [6.07, 6.45) is 0.331. The van der Waals surface area contributed by atoms with Crippen LogP contribution in [0.2, 0.25) is 0 Å². The van der Waals surface area contributed by atoms with Gasteiger partial charge in [0.15, 0.2) is 11.6 Å². The first-order valence-electron chi connectivity index (χ1n) is 10.3. The smallest absolute Gasteiger partial charge is 0.254 e. The molecule has 4 aromatic rings. The van der Waals surface area contributed by atoms with Crippen LogP contribution in [0.3, 0.4) is 0 Å². The molecule has 1 N–H and O–H groups in total. The number of carbonyl (C=O) groups is 1. The minimum atomic E-state index is -0.431. The van der Waals surface area contributed by atoms with E-state index in [0.29, 0.717) is 36.7 Å². The third-order valence-electron chi connectivity index (χ3n) is 5.53. The van der Waals surface area contributed by atoms with Crippen molar-refractivity contribution in [3.05, 3.63) is 77.2 Å².